The first-order valence-corrected chi connectivity index (χ1v) is 8.06. The number of amides is 1. The molecule has 1 saturated carbocycles. The number of hydrazone groups is 1. The largest absolute Gasteiger partial charge is 0.271 e. The summed E-state index contributed by atoms with van der Waals surface area (Å²) in [7, 11) is 0. The van der Waals surface area contributed by atoms with Gasteiger partial charge in [0.05, 0.1) is 0 Å². The molecule has 1 unspecified atom stereocenters. The Bertz CT molecular complexity index is 683. The Morgan fingerprint density at radius 3 is 2.77 bits per heavy atom. The maximum absolute atomic E-state index is 12.1. The van der Waals surface area contributed by atoms with Gasteiger partial charge in [0.2, 0.25) is 0 Å². The number of pyridine rings is 1. The van der Waals surface area contributed by atoms with Crippen molar-refractivity contribution in [3.05, 3.63) is 64.4 Å². The maximum Gasteiger partial charge on any atom is 0.271 e. The van der Waals surface area contributed by atoms with Gasteiger partial charge in [-0.1, -0.05) is 22.0 Å². The van der Waals surface area contributed by atoms with Crippen LogP contribution in [0.2, 0.25) is 0 Å². The number of benzene rings is 1. The van der Waals surface area contributed by atoms with Crippen LogP contribution in [0.5, 0.6) is 0 Å². The van der Waals surface area contributed by atoms with Crippen molar-refractivity contribution in [1.82, 2.24) is 10.4 Å². The molecule has 112 valence electrons. The summed E-state index contributed by atoms with van der Waals surface area (Å²) in [6.07, 6.45) is 4.81. The molecule has 1 N–H and O–H groups in total. The highest BCUT2D eigenvalue weighted by Gasteiger charge is 2.25. The van der Waals surface area contributed by atoms with E-state index in [1.54, 1.807) is 18.3 Å². The molecule has 0 bridgehead atoms. The van der Waals surface area contributed by atoms with Crippen LogP contribution in [0.1, 0.15) is 41.2 Å². The van der Waals surface area contributed by atoms with E-state index in [4.69, 9.17) is 0 Å². The summed E-state index contributed by atoms with van der Waals surface area (Å²) >= 11 is 3.35. The molecule has 1 heterocycles. The normalized spacial score (nSPS) is 19.3. The number of nitrogens with one attached hydrogen (secondary N) is 1. The molecular weight excluding hydrogens is 342 g/mol. The predicted octanol–water partition coefficient (Wildman–Crippen LogP) is 3.90. The van der Waals surface area contributed by atoms with Gasteiger partial charge in [-0.15, -0.1) is 0 Å². The maximum atomic E-state index is 12.1. The van der Waals surface area contributed by atoms with Crippen LogP contribution in [0, 0.1) is 0 Å². The molecule has 0 aliphatic heterocycles. The smallest absolute Gasteiger partial charge is 0.267 e. The summed E-state index contributed by atoms with van der Waals surface area (Å²) in [5.74, 6) is 0.0260. The number of rotatable bonds is 3. The van der Waals surface area contributed by atoms with Crippen molar-refractivity contribution in [2.45, 2.75) is 25.2 Å². The van der Waals surface area contributed by atoms with Gasteiger partial charge in [0.25, 0.3) is 5.91 Å². The van der Waals surface area contributed by atoms with Gasteiger partial charge >= 0.3 is 0 Å². The summed E-state index contributed by atoms with van der Waals surface area (Å²) in [5, 5.41) is 4.35. The minimum atomic E-state index is -0.188. The molecule has 22 heavy (non-hydrogen) atoms. The first kappa shape index (κ1) is 14.9. The van der Waals surface area contributed by atoms with E-state index in [2.05, 4.69) is 31.4 Å². The number of halogens is 1. The summed E-state index contributed by atoms with van der Waals surface area (Å²) < 4.78 is 0.946. The van der Waals surface area contributed by atoms with Crippen LogP contribution in [0.3, 0.4) is 0 Å². The van der Waals surface area contributed by atoms with Crippen LogP contribution in [0.25, 0.3) is 0 Å². The lowest BCUT2D eigenvalue weighted by Crippen LogP contribution is -2.20. The van der Waals surface area contributed by atoms with Gasteiger partial charge < -0.3 is 0 Å². The first-order valence-electron chi connectivity index (χ1n) is 7.27. The topological polar surface area (TPSA) is 54.4 Å². The molecule has 1 fully saturated rings. The zero-order chi connectivity index (χ0) is 15.4. The molecular formula is C17H16BrN3O. The fourth-order valence-electron chi connectivity index (χ4n) is 2.65. The Hall–Kier alpha value is -2.01. The number of nitrogens with zero attached hydrogens (tertiary/aromatic N) is 2. The zero-order valence-corrected chi connectivity index (χ0v) is 13.6. The molecule has 0 radical (unpaired) electrons. The van der Waals surface area contributed by atoms with Crippen molar-refractivity contribution < 1.29 is 4.79 Å². The van der Waals surface area contributed by atoms with E-state index in [9.17, 15) is 4.79 Å². The number of hydrogen-bond donors (Lipinski definition) is 1. The van der Waals surface area contributed by atoms with Crippen LogP contribution in [0.4, 0.5) is 0 Å². The Morgan fingerprint density at radius 1 is 1.23 bits per heavy atom. The minimum Gasteiger partial charge on any atom is -0.267 e. The summed E-state index contributed by atoms with van der Waals surface area (Å²) in [4.78, 5) is 16.5. The quantitative estimate of drug-likeness (QED) is 0.847. The average Bonchev–Trinajstić information content (AvgIpc) is 3.02. The van der Waals surface area contributed by atoms with E-state index in [0.717, 1.165) is 35.1 Å². The Morgan fingerprint density at radius 2 is 2.05 bits per heavy atom. The highest BCUT2D eigenvalue weighted by molar-refractivity contribution is 9.10. The van der Waals surface area contributed by atoms with Crippen LogP contribution in [-0.4, -0.2) is 16.6 Å². The molecule has 0 saturated heterocycles. The molecule has 1 aromatic carbocycles. The monoisotopic (exact) mass is 357 g/mol. The molecule has 3 rings (SSSR count). The summed E-state index contributed by atoms with van der Waals surface area (Å²) in [6.45, 7) is 0. The molecule has 4 nitrogen and oxygen atoms in total. The van der Waals surface area contributed by atoms with Crippen LogP contribution in [-0.2, 0) is 0 Å². The standard InChI is InChI=1S/C17H16BrN3O/c18-13-9-7-12(8-10-13)17(22)21-20-16-6-3-4-14(16)15-5-1-2-11-19-15/h1-2,5,7-11,14H,3-4,6H2,(H,21,22)/b20-16+. The molecule has 2 aromatic rings. The van der Waals surface area contributed by atoms with E-state index >= 15 is 0 Å². The lowest BCUT2D eigenvalue weighted by atomic mass is 10.0. The van der Waals surface area contributed by atoms with Gasteiger partial charge in [-0.05, 0) is 55.7 Å². The third-order valence-electron chi connectivity index (χ3n) is 3.78. The van der Waals surface area contributed by atoms with Gasteiger partial charge in [-0.25, -0.2) is 5.43 Å². The fourth-order valence-corrected chi connectivity index (χ4v) is 2.92. The Labute approximate surface area is 137 Å². The molecule has 1 aliphatic rings. The van der Waals surface area contributed by atoms with Gasteiger partial charge in [0.15, 0.2) is 0 Å². The van der Waals surface area contributed by atoms with Crippen LogP contribution < -0.4 is 5.43 Å². The van der Waals surface area contributed by atoms with E-state index in [1.807, 2.05) is 30.3 Å². The molecule has 1 aliphatic carbocycles. The second kappa shape index (κ2) is 6.83. The number of carbonyl (C=O) groups excluding carboxylic acids is 1. The Kier molecular flexibility index (Phi) is 4.63. The van der Waals surface area contributed by atoms with Gasteiger partial charge in [0.1, 0.15) is 0 Å². The lowest BCUT2D eigenvalue weighted by molar-refractivity contribution is 0.0954. The average molecular weight is 358 g/mol. The zero-order valence-electron chi connectivity index (χ0n) is 12.0. The number of carbonyl (C=O) groups is 1. The molecule has 1 aromatic heterocycles. The van der Waals surface area contributed by atoms with E-state index in [1.165, 1.54) is 0 Å². The third kappa shape index (κ3) is 3.42. The molecule has 0 spiro atoms. The number of aromatic nitrogens is 1. The summed E-state index contributed by atoms with van der Waals surface area (Å²) in [5.41, 5.74) is 5.29. The van der Waals surface area contributed by atoms with E-state index in [-0.39, 0.29) is 11.8 Å². The molecule has 5 heteroatoms. The van der Waals surface area contributed by atoms with Crippen LogP contribution in [0.15, 0.2) is 58.2 Å². The van der Waals surface area contributed by atoms with Crippen LogP contribution >= 0.6 is 15.9 Å². The number of hydrogen-bond acceptors (Lipinski definition) is 3. The second-order valence-electron chi connectivity index (χ2n) is 5.25. The van der Waals surface area contributed by atoms with Crippen molar-refractivity contribution in [3.8, 4) is 0 Å². The van der Waals surface area contributed by atoms with Crippen molar-refractivity contribution in [1.29, 1.82) is 0 Å². The fraction of sp³-hybridized carbons (Fsp3) is 0.235. The second-order valence-corrected chi connectivity index (χ2v) is 6.17. The molecule has 1 amide bonds. The van der Waals surface area contributed by atoms with E-state index in [0.29, 0.717) is 5.56 Å². The lowest BCUT2D eigenvalue weighted by Gasteiger charge is -2.10. The van der Waals surface area contributed by atoms with E-state index < -0.39 is 0 Å². The van der Waals surface area contributed by atoms with Crippen molar-refractivity contribution in [2.24, 2.45) is 5.10 Å². The highest BCUT2D eigenvalue weighted by atomic mass is 79.9. The van der Waals surface area contributed by atoms with Crippen molar-refractivity contribution >= 4 is 27.5 Å². The van der Waals surface area contributed by atoms with Gasteiger partial charge in [-0.3, -0.25) is 9.78 Å². The van der Waals surface area contributed by atoms with Gasteiger partial charge in [-0.2, -0.15) is 5.10 Å². The molecule has 1 atom stereocenters. The van der Waals surface area contributed by atoms with Gasteiger partial charge in [0, 0.05) is 33.6 Å². The minimum absolute atomic E-state index is 0.188. The summed E-state index contributed by atoms with van der Waals surface area (Å²) in [6, 6.07) is 13.1. The van der Waals surface area contributed by atoms with Crippen molar-refractivity contribution in [2.75, 3.05) is 0 Å². The Balaban J connectivity index is 1.71. The highest BCUT2D eigenvalue weighted by Crippen LogP contribution is 2.30. The first-order chi connectivity index (χ1) is 10.7. The van der Waals surface area contributed by atoms with Crippen molar-refractivity contribution in [3.63, 3.8) is 0 Å². The predicted molar refractivity (Wildman–Crippen MR) is 89.9 cm³/mol. The SMILES string of the molecule is O=C(N/N=C1\CCCC1c1ccccn1)c1ccc(Br)cc1. The third-order valence-corrected chi connectivity index (χ3v) is 4.31.